The van der Waals surface area contributed by atoms with E-state index in [4.69, 9.17) is 4.74 Å². The van der Waals surface area contributed by atoms with E-state index in [1.807, 2.05) is 6.07 Å². The summed E-state index contributed by atoms with van der Waals surface area (Å²) in [6, 6.07) is 11.5. The minimum Gasteiger partial charge on any atom is -0.495 e. The van der Waals surface area contributed by atoms with E-state index in [0.717, 1.165) is 44.0 Å². The molecule has 5 rings (SSSR count). The van der Waals surface area contributed by atoms with Crippen LogP contribution in [0.5, 0.6) is 5.75 Å². The average Bonchev–Trinajstić information content (AvgIpc) is 3.30. The molecule has 0 spiro atoms. The van der Waals surface area contributed by atoms with E-state index < -0.39 is 32.4 Å². The highest BCUT2D eigenvalue weighted by atomic mass is 32.2. The van der Waals surface area contributed by atoms with Gasteiger partial charge in [0.2, 0.25) is 0 Å². The maximum atomic E-state index is 13.7. The molecular weight excluding hydrogens is 654 g/mol. The Balaban J connectivity index is 1.32. The minimum atomic E-state index is -4.46. The van der Waals surface area contributed by atoms with Gasteiger partial charge in [0.1, 0.15) is 12.3 Å². The average molecular weight is 695 g/mol. The Hall–Kier alpha value is -3.41. The van der Waals surface area contributed by atoms with Crippen molar-refractivity contribution in [3.63, 3.8) is 0 Å². The number of benzene rings is 2. The van der Waals surface area contributed by atoms with Crippen molar-refractivity contribution in [2.24, 2.45) is 0 Å². The second-order valence-electron chi connectivity index (χ2n) is 12.6. The first-order valence-corrected chi connectivity index (χ1v) is 19.4. The molecule has 2 heterocycles. The summed E-state index contributed by atoms with van der Waals surface area (Å²) >= 11 is 0. The molecule has 2 fully saturated rings. The second kappa shape index (κ2) is 13.2. The molecule has 0 atom stereocenters. The van der Waals surface area contributed by atoms with Gasteiger partial charge in [-0.15, -0.1) is 0 Å². The first-order valence-electron chi connectivity index (χ1n) is 15.5. The molecule has 1 aliphatic carbocycles. The predicted octanol–water partition coefficient (Wildman–Crippen LogP) is 5.31. The SMILES string of the molecule is CCC1(N2CC(S(C)(=O)=O)C2)CCC(Nc2cccc3c2cc(C#CCNc2ccc(S(C)(=O)=O)cc2OC)n3CC(F)(F)F)CC1. The highest BCUT2D eigenvalue weighted by Gasteiger charge is 2.47. The molecule has 9 nitrogen and oxygen atoms in total. The minimum absolute atomic E-state index is 0.0298. The number of halogens is 3. The van der Waals surface area contributed by atoms with Crippen molar-refractivity contribution >= 4 is 42.0 Å². The summed E-state index contributed by atoms with van der Waals surface area (Å²) in [5, 5.41) is 6.98. The first kappa shape index (κ1) is 34.9. The van der Waals surface area contributed by atoms with Crippen LogP contribution < -0.4 is 15.4 Å². The van der Waals surface area contributed by atoms with E-state index in [2.05, 4.69) is 34.3 Å². The van der Waals surface area contributed by atoms with Crippen LogP contribution in [0.4, 0.5) is 24.5 Å². The third kappa shape index (κ3) is 7.84. The Morgan fingerprint density at radius 1 is 1.02 bits per heavy atom. The number of hydrogen-bond donors (Lipinski definition) is 2. The molecule has 0 unspecified atom stereocenters. The van der Waals surface area contributed by atoms with E-state index in [0.29, 0.717) is 35.4 Å². The van der Waals surface area contributed by atoms with E-state index in [1.165, 1.54) is 30.1 Å². The van der Waals surface area contributed by atoms with Gasteiger partial charge in [-0.2, -0.15) is 13.2 Å². The molecule has 0 bridgehead atoms. The van der Waals surface area contributed by atoms with Crippen LogP contribution in [0.2, 0.25) is 0 Å². The Morgan fingerprint density at radius 3 is 2.32 bits per heavy atom. The van der Waals surface area contributed by atoms with Gasteiger partial charge in [-0.05, 0) is 68.4 Å². The van der Waals surface area contributed by atoms with Gasteiger partial charge in [-0.25, -0.2) is 16.8 Å². The summed E-state index contributed by atoms with van der Waals surface area (Å²) in [7, 11) is -5.07. The van der Waals surface area contributed by atoms with Crippen LogP contribution in [0.1, 0.15) is 44.7 Å². The largest absolute Gasteiger partial charge is 0.495 e. The second-order valence-corrected chi connectivity index (χ2v) is 17.0. The highest BCUT2D eigenvalue weighted by molar-refractivity contribution is 7.91. The zero-order chi connectivity index (χ0) is 34.2. The molecule has 47 heavy (non-hydrogen) atoms. The number of ether oxygens (including phenoxy) is 1. The van der Waals surface area contributed by atoms with E-state index in [9.17, 15) is 30.0 Å². The van der Waals surface area contributed by atoms with Gasteiger partial charge in [0.25, 0.3) is 0 Å². The first-order chi connectivity index (χ1) is 22.0. The van der Waals surface area contributed by atoms with Gasteiger partial charge < -0.3 is 19.9 Å². The van der Waals surface area contributed by atoms with Crippen LogP contribution in [0.25, 0.3) is 10.9 Å². The number of sulfone groups is 2. The molecule has 0 amide bonds. The Morgan fingerprint density at radius 2 is 1.72 bits per heavy atom. The summed E-state index contributed by atoms with van der Waals surface area (Å²) in [6.45, 7) is 2.18. The Kier molecular flexibility index (Phi) is 9.84. The van der Waals surface area contributed by atoms with Crippen molar-refractivity contribution in [2.75, 3.05) is 49.9 Å². The van der Waals surface area contributed by atoms with Crippen molar-refractivity contribution in [1.29, 1.82) is 0 Å². The van der Waals surface area contributed by atoms with E-state index in [-0.39, 0.29) is 34.0 Å². The number of likely N-dealkylation sites (tertiary alicyclic amines) is 1. The fourth-order valence-electron chi connectivity index (χ4n) is 6.69. The molecule has 2 aromatic carbocycles. The molecule has 2 N–H and O–H groups in total. The normalized spacial score (nSPS) is 21.1. The molecule has 0 radical (unpaired) electrons. The van der Waals surface area contributed by atoms with Crippen LogP contribution in [0.3, 0.4) is 0 Å². The number of rotatable bonds is 10. The molecule has 1 aliphatic heterocycles. The zero-order valence-electron chi connectivity index (χ0n) is 26.9. The number of anilines is 2. The number of fused-ring (bicyclic) bond motifs is 1. The summed E-state index contributed by atoms with van der Waals surface area (Å²) in [5.41, 5.74) is 1.86. The monoisotopic (exact) mass is 694 g/mol. The molecule has 1 aromatic heterocycles. The van der Waals surface area contributed by atoms with Crippen molar-refractivity contribution in [3.05, 3.63) is 48.2 Å². The topological polar surface area (TPSA) is 110 Å². The van der Waals surface area contributed by atoms with Crippen LogP contribution in [-0.2, 0) is 26.2 Å². The van der Waals surface area contributed by atoms with Gasteiger partial charge >= 0.3 is 6.18 Å². The number of hydrogen-bond acceptors (Lipinski definition) is 8. The Bertz CT molecular complexity index is 1900. The fraction of sp³-hybridized carbons (Fsp3) is 0.515. The lowest BCUT2D eigenvalue weighted by Gasteiger charge is -2.54. The van der Waals surface area contributed by atoms with Gasteiger partial charge in [0.05, 0.1) is 40.7 Å². The molecular formula is C33H41F3N4O5S2. The summed E-state index contributed by atoms with van der Waals surface area (Å²) in [4.78, 5) is 2.41. The molecule has 2 aliphatic rings. The summed E-state index contributed by atoms with van der Waals surface area (Å²) in [5.74, 6) is 6.10. The van der Waals surface area contributed by atoms with Crippen LogP contribution in [0, 0.1) is 11.8 Å². The fourth-order valence-corrected chi connectivity index (χ4v) is 8.23. The van der Waals surface area contributed by atoms with Gasteiger partial charge in [-0.3, -0.25) is 4.90 Å². The lowest BCUT2D eigenvalue weighted by Crippen LogP contribution is -2.65. The smallest absolute Gasteiger partial charge is 0.406 e. The van der Waals surface area contributed by atoms with Crippen LogP contribution in [0.15, 0.2) is 47.4 Å². The molecule has 256 valence electrons. The van der Waals surface area contributed by atoms with Gasteiger partial charge in [0, 0.05) is 54.3 Å². The number of aromatic nitrogens is 1. The zero-order valence-corrected chi connectivity index (χ0v) is 28.6. The number of nitrogens with one attached hydrogen (secondary N) is 2. The van der Waals surface area contributed by atoms with Crippen molar-refractivity contribution in [1.82, 2.24) is 9.47 Å². The van der Waals surface area contributed by atoms with Crippen molar-refractivity contribution in [2.45, 2.75) is 73.5 Å². The van der Waals surface area contributed by atoms with Crippen molar-refractivity contribution < 1.29 is 34.7 Å². The summed E-state index contributed by atoms with van der Waals surface area (Å²) in [6.07, 6.45) is 2.41. The van der Waals surface area contributed by atoms with Crippen molar-refractivity contribution in [3.8, 4) is 17.6 Å². The number of methoxy groups -OCH3 is 1. The molecule has 3 aromatic rings. The maximum Gasteiger partial charge on any atom is 0.406 e. The van der Waals surface area contributed by atoms with E-state index in [1.54, 1.807) is 24.3 Å². The van der Waals surface area contributed by atoms with E-state index >= 15 is 0 Å². The van der Waals surface area contributed by atoms with Gasteiger partial charge in [-0.1, -0.05) is 18.9 Å². The predicted molar refractivity (Wildman–Crippen MR) is 179 cm³/mol. The quantitative estimate of drug-likeness (QED) is 0.275. The summed E-state index contributed by atoms with van der Waals surface area (Å²) < 4.78 is 95.3. The third-order valence-electron chi connectivity index (χ3n) is 9.53. The maximum absolute atomic E-state index is 13.7. The standard InChI is InChI=1S/C33H41F3N4O5S2/c1-5-32(39-20-26(21-39)47(4,43)44)15-13-23(14-16-32)38-28-9-6-10-30-27(28)18-24(40(30)22-33(34,35)36)8-7-17-37-29-12-11-25(46(3,41)42)19-31(29)45-2/h6,9-12,18-19,23,26,37-38H,5,13-17,20-22H2,1-4H3. The number of alkyl halides is 3. The Labute approximate surface area is 274 Å². The third-order valence-corrected chi connectivity index (χ3v) is 12.1. The van der Waals surface area contributed by atoms with Gasteiger partial charge in [0.15, 0.2) is 19.7 Å². The lowest BCUT2D eigenvalue weighted by molar-refractivity contribution is -0.140. The molecule has 14 heteroatoms. The van der Waals surface area contributed by atoms with Crippen LogP contribution >= 0.6 is 0 Å². The molecule has 1 saturated carbocycles. The van der Waals surface area contributed by atoms with Crippen LogP contribution in [-0.4, -0.2) is 88.6 Å². The number of nitrogens with zero attached hydrogens (tertiary/aromatic N) is 2. The highest BCUT2D eigenvalue weighted by Crippen LogP contribution is 2.41. The lowest BCUT2D eigenvalue weighted by atomic mass is 9.75. The molecule has 1 saturated heterocycles.